The van der Waals surface area contributed by atoms with Crippen molar-refractivity contribution in [2.75, 3.05) is 24.7 Å². The number of carbonyl (C=O) groups excluding carboxylic acids is 2. The summed E-state index contributed by atoms with van der Waals surface area (Å²) in [7, 11) is 1.60. The molecule has 2 aromatic carbocycles. The van der Waals surface area contributed by atoms with Crippen LogP contribution < -0.4 is 15.4 Å². The van der Waals surface area contributed by atoms with Gasteiger partial charge in [-0.15, -0.1) is 0 Å². The smallest absolute Gasteiger partial charge is 0.262 e. The van der Waals surface area contributed by atoms with Gasteiger partial charge in [0.05, 0.1) is 5.75 Å². The lowest BCUT2D eigenvalue weighted by molar-refractivity contribution is -0.118. The number of benzene rings is 2. The first-order valence-corrected chi connectivity index (χ1v) is 11.7. The highest BCUT2D eigenvalue weighted by atomic mass is 32.2. The zero-order valence-corrected chi connectivity index (χ0v) is 19.3. The molecule has 0 saturated carbocycles. The van der Waals surface area contributed by atoms with Crippen LogP contribution in [-0.2, 0) is 9.59 Å². The van der Waals surface area contributed by atoms with Crippen LogP contribution in [0.15, 0.2) is 58.9 Å². The van der Waals surface area contributed by atoms with E-state index in [0.717, 1.165) is 5.56 Å². The molecular weight excluding hydrogens is 430 g/mol. The second-order valence-corrected chi connectivity index (χ2v) is 9.27. The van der Waals surface area contributed by atoms with Gasteiger partial charge in [0.2, 0.25) is 5.91 Å². The number of nitrogens with one attached hydrogen (secondary N) is 2. The third kappa shape index (κ3) is 6.57. The van der Waals surface area contributed by atoms with E-state index in [9.17, 15) is 9.59 Å². The number of anilines is 1. The fourth-order valence-electron chi connectivity index (χ4n) is 2.70. The summed E-state index contributed by atoms with van der Waals surface area (Å²) in [4.78, 5) is 28.7. The minimum Gasteiger partial charge on any atom is -0.484 e. The lowest BCUT2D eigenvalue weighted by Gasteiger charge is -2.09. The van der Waals surface area contributed by atoms with Gasteiger partial charge in [-0.2, -0.15) is 0 Å². The predicted octanol–water partition coefficient (Wildman–Crippen LogP) is 4.79. The third-order valence-corrected chi connectivity index (χ3v) is 6.54. The van der Waals surface area contributed by atoms with E-state index in [4.69, 9.17) is 4.74 Å². The third-order valence-electron chi connectivity index (χ3n) is 4.43. The van der Waals surface area contributed by atoms with E-state index in [1.165, 1.54) is 28.7 Å². The van der Waals surface area contributed by atoms with Crippen LogP contribution >= 0.6 is 23.1 Å². The lowest BCUT2D eigenvalue weighted by Crippen LogP contribution is -2.20. The molecule has 0 fully saturated rings. The number of amides is 2. The Kier molecular flexibility index (Phi) is 8.08. The molecule has 162 valence electrons. The first-order valence-electron chi connectivity index (χ1n) is 9.88. The predicted molar refractivity (Wildman–Crippen MR) is 127 cm³/mol. The minimum absolute atomic E-state index is 0.0797. The van der Waals surface area contributed by atoms with Gasteiger partial charge < -0.3 is 15.4 Å². The Labute approximate surface area is 190 Å². The standard InChI is InChI=1S/C23H25N3O3S2/c1-15(2)16-9-11-18(12-10-16)29-13-19(27)25-22-21(17-7-5-4-6-8-17)26-23(31-22)30-14-20(28)24-3/h4-12,15H,13-14H2,1-3H3,(H,24,28)(H,25,27). The average molecular weight is 456 g/mol. The number of rotatable bonds is 9. The summed E-state index contributed by atoms with van der Waals surface area (Å²) in [6.07, 6.45) is 0. The molecule has 0 saturated heterocycles. The molecule has 0 bridgehead atoms. The average Bonchev–Trinajstić information content (AvgIpc) is 3.19. The fraction of sp³-hybridized carbons (Fsp3) is 0.261. The maximum Gasteiger partial charge on any atom is 0.262 e. The summed E-state index contributed by atoms with van der Waals surface area (Å²) in [5.41, 5.74) is 2.79. The van der Waals surface area contributed by atoms with Gasteiger partial charge in [0, 0.05) is 12.6 Å². The Morgan fingerprint density at radius 3 is 2.42 bits per heavy atom. The Bertz CT molecular complexity index is 1020. The first kappa shape index (κ1) is 22.8. The van der Waals surface area contributed by atoms with Crippen molar-refractivity contribution < 1.29 is 14.3 Å². The van der Waals surface area contributed by atoms with Crippen LogP contribution in [0.5, 0.6) is 5.75 Å². The van der Waals surface area contributed by atoms with Gasteiger partial charge >= 0.3 is 0 Å². The normalized spacial score (nSPS) is 10.7. The highest BCUT2D eigenvalue weighted by Gasteiger charge is 2.17. The van der Waals surface area contributed by atoms with Gasteiger partial charge in [0.1, 0.15) is 16.4 Å². The molecule has 0 aliphatic rings. The number of thiazole rings is 1. The van der Waals surface area contributed by atoms with Crippen molar-refractivity contribution in [3.8, 4) is 17.0 Å². The van der Waals surface area contributed by atoms with E-state index in [-0.39, 0.29) is 24.2 Å². The summed E-state index contributed by atoms with van der Waals surface area (Å²) < 4.78 is 6.35. The molecule has 1 aromatic heterocycles. The van der Waals surface area contributed by atoms with Crippen molar-refractivity contribution in [1.29, 1.82) is 0 Å². The van der Waals surface area contributed by atoms with Crippen molar-refractivity contribution >= 4 is 39.9 Å². The molecule has 0 spiro atoms. The number of hydrogen-bond acceptors (Lipinski definition) is 6. The van der Waals surface area contributed by atoms with Gasteiger partial charge in [-0.05, 0) is 23.6 Å². The molecule has 3 rings (SSSR count). The quantitative estimate of drug-likeness (QED) is 0.454. The molecule has 8 heteroatoms. The van der Waals surface area contributed by atoms with Crippen LogP contribution in [0.1, 0.15) is 25.3 Å². The molecule has 0 radical (unpaired) electrons. The first-order chi connectivity index (χ1) is 15.0. The number of thioether (sulfide) groups is 1. The Morgan fingerprint density at radius 2 is 1.77 bits per heavy atom. The zero-order chi connectivity index (χ0) is 22.2. The topological polar surface area (TPSA) is 80.3 Å². The molecular formula is C23H25N3O3S2. The Morgan fingerprint density at radius 1 is 1.06 bits per heavy atom. The maximum atomic E-state index is 12.5. The van der Waals surface area contributed by atoms with E-state index >= 15 is 0 Å². The highest BCUT2D eigenvalue weighted by Crippen LogP contribution is 2.37. The fourth-order valence-corrected chi connectivity index (χ4v) is 4.65. The van der Waals surface area contributed by atoms with Gasteiger partial charge in [0.15, 0.2) is 10.9 Å². The van der Waals surface area contributed by atoms with Crippen molar-refractivity contribution in [3.63, 3.8) is 0 Å². The van der Waals surface area contributed by atoms with E-state index in [1.807, 2.05) is 54.6 Å². The Balaban J connectivity index is 1.68. The van der Waals surface area contributed by atoms with Crippen molar-refractivity contribution in [2.45, 2.75) is 24.1 Å². The van der Waals surface area contributed by atoms with Gasteiger partial charge in [-0.25, -0.2) is 4.98 Å². The molecule has 6 nitrogen and oxygen atoms in total. The van der Waals surface area contributed by atoms with E-state index in [0.29, 0.717) is 26.7 Å². The number of carbonyl (C=O) groups is 2. The van der Waals surface area contributed by atoms with Crippen LogP contribution in [0.3, 0.4) is 0 Å². The van der Waals surface area contributed by atoms with E-state index < -0.39 is 0 Å². The zero-order valence-electron chi connectivity index (χ0n) is 17.7. The molecule has 0 atom stereocenters. The molecule has 1 heterocycles. The SMILES string of the molecule is CNC(=O)CSc1nc(-c2ccccc2)c(NC(=O)COc2ccc(C(C)C)cc2)s1. The highest BCUT2D eigenvalue weighted by molar-refractivity contribution is 8.01. The van der Waals surface area contributed by atoms with E-state index in [1.54, 1.807) is 7.05 Å². The monoisotopic (exact) mass is 455 g/mol. The number of aromatic nitrogens is 1. The van der Waals surface area contributed by atoms with E-state index in [2.05, 4.69) is 29.5 Å². The summed E-state index contributed by atoms with van der Waals surface area (Å²) in [5.74, 6) is 1.01. The minimum atomic E-state index is -0.267. The van der Waals surface area contributed by atoms with Crippen LogP contribution in [0.4, 0.5) is 5.00 Å². The summed E-state index contributed by atoms with van der Waals surface area (Å²) in [6, 6.07) is 17.4. The molecule has 0 aliphatic heterocycles. The Hall–Kier alpha value is -2.84. The molecule has 3 aromatic rings. The number of nitrogens with zero attached hydrogens (tertiary/aromatic N) is 1. The molecule has 31 heavy (non-hydrogen) atoms. The van der Waals surface area contributed by atoms with Crippen LogP contribution in [0.2, 0.25) is 0 Å². The molecule has 0 unspecified atom stereocenters. The van der Waals surface area contributed by atoms with Gasteiger partial charge in [0.25, 0.3) is 5.91 Å². The summed E-state index contributed by atoms with van der Waals surface area (Å²) in [5, 5.41) is 6.14. The number of hydrogen-bond donors (Lipinski definition) is 2. The summed E-state index contributed by atoms with van der Waals surface area (Å²) >= 11 is 2.68. The molecule has 2 N–H and O–H groups in total. The maximum absolute atomic E-state index is 12.5. The second kappa shape index (κ2) is 11.0. The molecule has 2 amide bonds. The van der Waals surface area contributed by atoms with Crippen LogP contribution in [0.25, 0.3) is 11.3 Å². The van der Waals surface area contributed by atoms with Gasteiger partial charge in [-0.3, -0.25) is 9.59 Å². The van der Waals surface area contributed by atoms with Crippen LogP contribution in [0, 0.1) is 0 Å². The van der Waals surface area contributed by atoms with Gasteiger partial charge in [-0.1, -0.05) is 79.4 Å². The largest absolute Gasteiger partial charge is 0.484 e. The number of ether oxygens (including phenoxy) is 1. The lowest BCUT2D eigenvalue weighted by atomic mass is 10.0. The summed E-state index contributed by atoms with van der Waals surface area (Å²) in [6.45, 7) is 4.15. The van der Waals surface area contributed by atoms with Crippen LogP contribution in [-0.4, -0.2) is 36.2 Å². The van der Waals surface area contributed by atoms with Crippen molar-refractivity contribution in [2.24, 2.45) is 0 Å². The van der Waals surface area contributed by atoms with Crippen molar-refractivity contribution in [3.05, 3.63) is 60.2 Å². The second-order valence-electron chi connectivity index (χ2n) is 7.05. The van der Waals surface area contributed by atoms with Crippen molar-refractivity contribution in [1.82, 2.24) is 10.3 Å². The molecule has 0 aliphatic carbocycles.